The van der Waals surface area contributed by atoms with E-state index < -0.39 is 12.3 Å². The molecule has 4 heterocycles. The highest BCUT2D eigenvalue weighted by Crippen LogP contribution is 2.46. The van der Waals surface area contributed by atoms with Gasteiger partial charge in [-0.2, -0.15) is 0 Å². The van der Waals surface area contributed by atoms with Crippen molar-refractivity contribution >= 4 is 11.6 Å². The van der Waals surface area contributed by atoms with E-state index in [0.717, 1.165) is 51.9 Å². The Balaban J connectivity index is 1.08. The molecule has 1 aromatic rings. The van der Waals surface area contributed by atoms with Crippen LogP contribution in [0.3, 0.4) is 0 Å². The molecule has 2 fully saturated rings. The third-order valence-electron chi connectivity index (χ3n) is 9.19. The van der Waals surface area contributed by atoms with Crippen LogP contribution in [0.2, 0.25) is 0 Å². The molecule has 4 unspecified atom stereocenters. The Morgan fingerprint density at radius 2 is 1.91 bits per heavy atom. The molecule has 1 amide bonds. The van der Waals surface area contributed by atoms with E-state index in [4.69, 9.17) is 0 Å². The lowest BCUT2D eigenvalue weighted by Gasteiger charge is -2.38. The Kier molecular flexibility index (Phi) is 5.51. The van der Waals surface area contributed by atoms with Crippen LogP contribution in [0, 0.1) is 11.8 Å². The van der Waals surface area contributed by atoms with Gasteiger partial charge in [-0.3, -0.25) is 4.79 Å². The summed E-state index contributed by atoms with van der Waals surface area (Å²) in [6.45, 7) is 8.33. The minimum Gasteiger partial charge on any atom is -0.387 e. The Morgan fingerprint density at radius 3 is 2.71 bits per heavy atom. The molecule has 34 heavy (non-hydrogen) atoms. The van der Waals surface area contributed by atoms with Crippen molar-refractivity contribution in [3.05, 3.63) is 40.6 Å². The number of hydrogen-bond acceptors (Lipinski definition) is 3. The average molecular weight is 470 g/mol. The number of fused-ring (bicyclic) bond motifs is 1. The number of anilines is 1. The number of nitrogens with one attached hydrogen (secondary N) is 1. The smallest absolute Gasteiger partial charge is 0.227 e. The highest BCUT2D eigenvalue weighted by molar-refractivity contribution is 6.00. The number of amides is 1. The number of carbonyl (C=O) groups is 1. The fourth-order valence-corrected chi connectivity index (χ4v) is 7.33. The highest BCUT2D eigenvalue weighted by Gasteiger charge is 2.45. The van der Waals surface area contributed by atoms with Crippen molar-refractivity contribution in [2.75, 3.05) is 31.1 Å². The van der Waals surface area contributed by atoms with Crippen LogP contribution in [-0.4, -0.2) is 55.4 Å². The van der Waals surface area contributed by atoms with Crippen LogP contribution in [0.1, 0.15) is 62.6 Å². The van der Waals surface area contributed by atoms with E-state index in [2.05, 4.69) is 36.2 Å². The zero-order valence-electron chi connectivity index (χ0n) is 20.5. The van der Waals surface area contributed by atoms with Crippen LogP contribution >= 0.6 is 0 Å². The number of nitrogens with zero attached hydrogens (tertiary/aromatic N) is 2. The monoisotopic (exact) mass is 469 g/mol. The number of alkyl halides is 2. The second-order valence-electron chi connectivity index (χ2n) is 11.9. The second kappa shape index (κ2) is 8.32. The van der Waals surface area contributed by atoms with E-state index in [9.17, 15) is 13.6 Å². The maximum Gasteiger partial charge on any atom is 0.227 e. The summed E-state index contributed by atoms with van der Waals surface area (Å²) in [6, 6.07) is 4.63. The lowest BCUT2D eigenvalue weighted by molar-refractivity contribution is -0.120. The molecule has 4 nitrogen and oxygen atoms in total. The number of carbonyl (C=O) groups excluding carboxylic acids is 1. The van der Waals surface area contributed by atoms with Crippen LogP contribution in [0.25, 0.3) is 0 Å². The Morgan fingerprint density at radius 1 is 1.12 bits per heavy atom. The van der Waals surface area contributed by atoms with Gasteiger partial charge in [-0.05, 0) is 79.6 Å². The number of halogens is 2. The third-order valence-corrected chi connectivity index (χ3v) is 9.19. The normalized spacial score (nSPS) is 32.9. The number of likely N-dealkylation sites (tertiary alicyclic amines) is 1. The summed E-state index contributed by atoms with van der Waals surface area (Å²) in [7, 11) is 0. The molecule has 5 aliphatic rings. The molecule has 6 heteroatoms. The first-order valence-corrected chi connectivity index (χ1v) is 13.2. The van der Waals surface area contributed by atoms with Gasteiger partial charge in [-0.1, -0.05) is 26.0 Å². The maximum atomic E-state index is 14.7. The van der Waals surface area contributed by atoms with Gasteiger partial charge < -0.3 is 15.1 Å². The molecule has 6 rings (SSSR count). The first-order valence-electron chi connectivity index (χ1n) is 13.2. The highest BCUT2D eigenvalue weighted by atomic mass is 19.1. The fourth-order valence-electron chi connectivity index (χ4n) is 7.33. The Labute approximate surface area is 201 Å². The summed E-state index contributed by atoms with van der Waals surface area (Å²) in [5, 5.41) is 3.29. The number of piperidine rings is 1. The first kappa shape index (κ1) is 22.5. The average Bonchev–Trinajstić information content (AvgIpc) is 3.41. The standard InChI is InChI=1S/C28H37F2N3O/c1-28(2)15-25(34)33-10-6-19-11-17(12-22(28)27(19)33)3-7-32-8-4-18(5-9-32)21-16-31-24-14-20(29)13-23(30)26(21)24/h11-12,16,18,20,23-24,26,31H,3-10,13-15H2,1-2H3. The third kappa shape index (κ3) is 3.77. The molecule has 184 valence electrons. The number of hydrogen-bond donors (Lipinski definition) is 1. The topological polar surface area (TPSA) is 35.6 Å². The van der Waals surface area contributed by atoms with Crippen molar-refractivity contribution in [1.82, 2.24) is 10.2 Å². The lowest BCUT2D eigenvalue weighted by atomic mass is 9.74. The van der Waals surface area contributed by atoms with Crippen LogP contribution in [-0.2, 0) is 23.1 Å². The van der Waals surface area contributed by atoms with E-state index >= 15 is 0 Å². The molecule has 0 spiro atoms. The number of rotatable bonds is 4. The fraction of sp³-hybridized carbons (Fsp3) is 0.679. The lowest BCUT2D eigenvalue weighted by Crippen LogP contribution is -2.43. The molecule has 1 N–H and O–H groups in total. The summed E-state index contributed by atoms with van der Waals surface area (Å²) in [4.78, 5) is 17.1. The summed E-state index contributed by atoms with van der Waals surface area (Å²) >= 11 is 0. The summed E-state index contributed by atoms with van der Waals surface area (Å²) in [5.74, 6) is 0.561. The summed E-state index contributed by atoms with van der Waals surface area (Å²) in [6.07, 6.45) is 5.15. The largest absolute Gasteiger partial charge is 0.387 e. The number of benzene rings is 1. The molecule has 1 aromatic carbocycles. The SMILES string of the molecule is CC1(C)CC(=O)N2CCc3cc(CCN4CCC(C5=CNC6CC(F)CC(F)C56)CC4)cc1c32. The zero-order chi connectivity index (χ0) is 23.6. The zero-order valence-corrected chi connectivity index (χ0v) is 20.5. The van der Waals surface area contributed by atoms with Crippen molar-refractivity contribution in [3.8, 4) is 0 Å². The Bertz CT molecular complexity index is 1010. The molecule has 0 aromatic heterocycles. The first-order chi connectivity index (χ1) is 16.3. The quantitative estimate of drug-likeness (QED) is 0.708. The van der Waals surface area contributed by atoms with E-state index in [-0.39, 0.29) is 29.7 Å². The summed E-state index contributed by atoms with van der Waals surface area (Å²) < 4.78 is 28.5. The molecule has 1 aliphatic carbocycles. The molecular formula is C28H37F2N3O. The molecule has 1 saturated heterocycles. The van der Waals surface area contributed by atoms with E-state index in [1.807, 2.05) is 11.1 Å². The molecule has 1 saturated carbocycles. The van der Waals surface area contributed by atoms with Crippen molar-refractivity contribution in [2.24, 2.45) is 11.8 Å². The predicted molar refractivity (Wildman–Crippen MR) is 131 cm³/mol. The van der Waals surface area contributed by atoms with Gasteiger partial charge in [0.05, 0.1) is 5.69 Å². The van der Waals surface area contributed by atoms with Gasteiger partial charge in [0.25, 0.3) is 0 Å². The van der Waals surface area contributed by atoms with Crippen LogP contribution in [0.15, 0.2) is 23.9 Å². The predicted octanol–water partition coefficient (Wildman–Crippen LogP) is 4.45. The summed E-state index contributed by atoms with van der Waals surface area (Å²) in [5.41, 5.74) is 6.36. The van der Waals surface area contributed by atoms with E-state index in [1.165, 1.54) is 28.0 Å². The minimum atomic E-state index is -1.05. The maximum absolute atomic E-state index is 14.7. The van der Waals surface area contributed by atoms with Crippen molar-refractivity contribution < 1.29 is 13.6 Å². The van der Waals surface area contributed by atoms with Crippen molar-refractivity contribution in [3.63, 3.8) is 0 Å². The molecular weight excluding hydrogens is 432 g/mol. The molecule has 0 radical (unpaired) electrons. The van der Waals surface area contributed by atoms with Gasteiger partial charge in [0.2, 0.25) is 5.91 Å². The van der Waals surface area contributed by atoms with Crippen LogP contribution < -0.4 is 10.2 Å². The second-order valence-corrected chi connectivity index (χ2v) is 11.9. The van der Waals surface area contributed by atoms with Gasteiger partial charge in [-0.15, -0.1) is 0 Å². The van der Waals surface area contributed by atoms with E-state index in [0.29, 0.717) is 18.8 Å². The van der Waals surface area contributed by atoms with Gasteiger partial charge >= 0.3 is 0 Å². The molecule has 4 atom stereocenters. The van der Waals surface area contributed by atoms with Gasteiger partial charge in [0, 0.05) is 43.3 Å². The van der Waals surface area contributed by atoms with Crippen molar-refractivity contribution in [2.45, 2.75) is 82.6 Å². The minimum absolute atomic E-state index is 0.0527. The van der Waals surface area contributed by atoms with Gasteiger partial charge in [0.15, 0.2) is 0 Å². The van der Waals surface area contributed by atoms with E-state index in [1.54, 1.807) is 0 Å². The Hall–Kier alpha value is -1.95. The molecule has 0 bridgehead atoms. The van der Waals surface area contributed by atoms with Crippen LogP contribution in [0.4, 0.5) is 14.5 Å². The van der Waals surface area contributed by atoms with Gasteiger partial charge in [0.1, 0.15) is 12.3 Å². The van der Waals surface area contributed by atoms with Crippen molar-refractivity contribution in [1.29, 1.82) is 0 Å². The molecule has 4 aliphatic heterocycles. The van der Waals surface area contributed by atoms with Gasteiger partial charge in [-0.25, -0.2) is 8.78 Å². The van der Waals surface area contributed by atoms with Crippen LogP contribution in [0.5, 0.6) is 0 Å².